The maximum atomic E-state index is 13.8. The third-order valence-corrected chi connectivity index (χ3v) is 8.70. The fourth-order valence-corrected chi connectivity index (χ4v) is 7.89. The molecule has 5 aliphatic rings. The van der Waals surface area contributed by atoms with E-state index in [1.165, 1.54) is 19.3 Å². The minimum Gasteiger partial charge on any atom is -0.464 e. The van der Waals surface area contributed by atoms with Crippen LogP contribution >= 0.6 is 23.2 Å². The van der Waals surface area contributed by atoms with Gasteiger partial charge in [0.15, 0.2) is 0 Å². The lowest BCUT2D eigenvalue weighted by molar-refractivity contribution is -0.166. The van der Waals surface area contributed by atoms with Gasteiger partial charge in [0.1, 0.15) is 6.04 Å². The van der Waals surface area contributed by atoms with Gasteiger partial charge in [-0.3, -0.25) is 4.79 Å². The third kappa shape index (κ3) is 3.35. The van der Waals surface area contributed by atoms with Crippen molar-refractivity contribution < 1.29 is 14.3 Å². The van der Waals surface area contributed by atoms with E-state index in [9.17, 15) is 9.59 Å². The summed E-state index contributed by atoms with van der Waals surface area (Å²) in [7, 11) is 0. The molecular formula is C24H29Cl2NO3. The van der Waals surface area contributed by atoms with Gasteiger partial charge in [-0.15, -0.1) is 0 Å². The van der Waals surface area contributed by atoms with Crippen LogP contribution < -0.4 is 0 Å². The number of halogens is 2. The molecule has 1 aliphatic heterocycles. The van der Waals surface area contributed by atoms with Gasteiger partial charge >= 0.3 is 5.97 Å². The Labute approximate surface area is 188 Å². The number of nitrogens with zero attached hydrogens (tertiary/aromatic N) is 1. The number of ether oxygens (including phenoxy) is 1. The van der Waals surface area contributed by atoms with Crippen LogP contribution in [0.4, 0.5) is 0 Å². The maximum absolute atomic E-state index is 13.8. The Morgan fingerprint density at radius 3 is 2.17 bits per heavy atom. The molecule has 1 aromatic rings. The number of hydrogen-bond donors (Lipinski definition) is 0. The fraction of sp³-hybridized carbons (Fsp3) is 0.667. The van der Waals surface area contributed by atoms with Crippen molar-refractivity contribution in [2.75, 3.05) is 6.61 Å². The Hall–Kier alpha value is -1.26. The van der Waals surface area contributed by atoms with Gasteiger partial charge in [-0.2, -0.15) is 0 Å². The molecule has 1 aromatic carbocycles. The van der Waals surface area contributed by atoms with Crippen LogP contribution in [0, 0.1) is 23.7 Å². The molecular weight excluding hydrogens is 421 g/mol. The zero-order valence-electron chi connectivity index (χ0n) is 17.4. The Kier molecular flexibility index (Phi) is 5.30. The van der Waals surface area contributed by atoms with E-state index in [1.54, 1.807) is 0 Å². The molecule has 6 rings (SSSR count). The first-order chi connectivity index (χ1) is 14.4. The van der Waals surface area contributed by atoms with E-state index in [4.69, 9.17) is 27.9 Å². The summed E-state index contributed by atoms with van der Waals surface area (Å²) in [5.74, 6) is 1.64. The molecule has 2 atom stereocenters. The molecule has 4 saturated carbocycles. The van der Waals surface area contributed by atoms with Crippen LogP contribution in [0.5, 0.6) is 0 Å². The van der Waals surface area contributed by atoms with Crippen LogP contribution in [-0.4, -0.2) is 35.0 Å². The highest BCUT2D eigenvalue weighted by atomic mass is 35.5. The highest BCUT2D eigenvalue weighted by Gasteiger charge is 2.60. The first-order valence-electron chi connectivity index (χ1n) is 11.3. The quantitative estimate of drug-likeness (QED) is 0.573. The highest BCUT2D eigenvalue weighted by Crippen LogP contribution is 2.59. The van der Waals surface area contributed by atoms with E-state index in [1.807, 2.05) is 30.0 Å². The minimum atomic E-state index is -0.486. The van der Waals surface area contributed by atoms with Gasteiger partial charge in [-0.25, -0.2) is 4.79 Å². The summed E-state index contributed by atoms with van der Waals surface area (Å²) in [6.45, 7) is 2.16. The summed E-state index contributed by atoms with van der Waals surface area (Å²) in [5.41, 5.74) is 0.636. The molecule has 0 radical (unpaired) electrons. The second kappa shape index (κ2) is 7.70. The van der Waals surface area contributed by atoms with Gasteiger partial charge in [0.25, 0.3) is 0 Å². The summed E-state index contributed by atoms with van der Waals surface area (Å²) in [6.07, 6.45) is 7.97. The van der Waals surface area contributed by atoms with Crippen molar-refractivity contribution in [3.8, 4) is 0 Å². The monoisotopic (exact) mass is 449 g/mol. The van der Waals surface area contributed by atoms with Crippen LogP contribution in [0.25, 0.3) is 0 Å². The van der Waals surface area contributed by atoms with Crippen LogP contribution in [0.1, 0.15) is 57.4 Å². The molecule has 0 aromatic heterocycles. The number of esters is 1. The third-order valence-electron chi connectivity index (χ3n) is 7.99. The fourth-order valence-electron chi connectivity index (χ4n) is 7.33. The van der Waals surface area contributed by atoms with Crippen molar-refractivity contribution in [1.29, 1.82) is 0 Å². The van der Waals surface area contributed by atoms with Gasteiger partial charge in [-0.05, 0) is 93.7 Å². The van der Waals surface area contributed by atoms with Crippen molar-refractivity contribution in [3.05, 3.63) is 33.8 Å². The Morgan fingerprint density at radius 1 is 1.07 bits per heavy atom. The van der Waals surface area contributed by atoms with Crippen LogP contribution in [0.3, 0.4) is 0 Å². The van der Waals surface area contributed by atoms with E-state index in [0.717, 1.165) is 24.8 Å². The zero-order chi connectivity index (χ0) is 21.0. The van der Waals surface area contributed by atoms with Gasteiger partial charge < -0.3 is 9.64 Å². The van der Waals surface area contributed by atoms with Gasteiger partial charge in [0.2, 0.25) is 5.91 Å². The topological polar surface area (TPSA) is 46.6 Å². The highest BCUT2D eigenvalue weighted by molar-refractivity contribution is 6.36. The van der Waals surface area contributed by atoms with Gasteiger partial charge in [0, 0.05) is 21.5 Å². The Bertz CT molecular complexity index is 814. The standard InChI is InChI=1S/C24H29Cl2NO3/c1-2-30-23(29)21-10-17(9-18-19(25)4-3-5-20(18)26)22(28)27(21)24-11-14-6-15(12-24)8-16(7-14)13-24/h3-5,14-17,21H,2,6-13H2,1H3. The molecule has 1 heterocycles. The van der Waals surface area contributed by atoms with E-state index in [-0.39, 0.29) is 23.3 Å². The lowest BCUT2D eigenvalue weighted by Gasteiger charge is -2.60. The second-order valence-electron chi connectivity index (χ2n) is 9.95. The average Bonchev–Trinajstić information content (AvgIpc) is 3.01. The summed E-state index contributed by atoms with van der Waals surface area (Å²) >= 11 is 12.8. The first kappa shape index (κ1) is 20.6. The molecule has 6 heteroatoms. The maximum Gasteiger partial charge on any atom is 0.328 e. The zero-order valence-corrected chi connectivity index (χ0v) is 18.9. The number of rotatable bonds is 5. The summed E-state index contributed by atoms with van der Waals surface area (Å²) in [4.78, 5) is 28.7. The van der Waals surface area contributed by atoms with E-state index in [0.29, 0.717) is 47.2 Å². The summed E-state index contributed by atoms with van der Waals surface area (Å²) in [6, 6.07) is 4.94. The SMILES string of the molecule is CCOC(=O)C1CC(Cc2c(Cl)cccc2Cl)C(=O)N1C12CC3CC(CC(C3)C1)C2. The van der Waals surface area contributed by atoms with Crippen molar-refractivity contribution in [2.24, 2.45) is 23.7 Å². The normalized spacial score (nSPS) is 37.1. The average molecular weight is 450 g/mol. The van der Waals surface area contributed by atoms with Crippen molar-refractivity contribution >= 4 is 35.1 Å². The molecule has 0 N–H and O–H groups in total. The largest absolute Gasteiger partial charge is 0.464 e. The van der Waals surface area contributed by atoms with Crippen LogP contribution in [0.15, 0.2) is 18.2 Å². The van der Waals surface area contributed by atoms with Crippen molar-refractivity contribution in [3.63, 3.8) is 0 Å². The van der Waals surface area contributed by atoms with Gasteiger partial charge in [0.05, 0.1) is 6.61 Å². The molecule has 1 amide bonds. The molecule has 5 fully saturated rings. The van der Waals surface area contributed by atoms with Crippen molar-refractivity contribution in [2.45, 2.75) is 69.9 Å². The molecule has 1 saturated heterocycles. The lowest BCUT2D eigenvalue weighted by Crippen LogP contribution is -2.63. The van der Waals surface area contributed by atoms with Crippen molar-refractivity contribution in [1.82, 2.24) is 4.90 Å². The number of hydrogen-bond acceptors (Lipinski definition) is 3. The molecule has 162 valence electrons. The first-order valence-corrected chi connectivity index (χ1v) is 12.1. The van der Waals surface area contributed by atoms with Gasteiger partial charge in [-0.1, -0.05) is 29.3 Å². The smallest absolute Gasteiger partial charge is 0.328 e. The number of amides is 1. The Morgan fingerprint density at radius 2 is 1.63 bits per heavy atom. The molecule has 0 spiro atoms. The molecule has 4 bridgehead atoms. The van der Waals surface area contributed by atoms with E-state index in [2.05, 4.69) is 0 Å². The predicted molar refractivity (Wildman–Crippen MR) is 116 cm³/mol. The van der Waals surface area contributed by atoms with E-state index < -0.39 is 6.04 Å². The second-order valence-corrected chi connectivity index (χ2v) is 10.8. The molecule has 2 unspecified atom stereocenters. The molecule has 4 nitrogen and oxygen atoms in total. The van der Waals surface area contributed by atoms with E-state index >= 15 is 0 Å². The summed E-state index contributed by atoms with van der Waals surface area (Å²) in [5, 5.41) is 1.16. The minimum absolute atomic E-state index is 0.0889. The number of carbonyl (C=O) groups excluding carboxylic acids is 2. The lowest BCUT2D eigenvalue weighted by atomic mass is 9.52. The molecule has 4 aliphatic carbocycles. The van der Waals surface area contributed by atoms with Crippen LogP contribution in [0.2, 0.25) is 10.0 Å². The number of benzene rings is 1. The predicted octanol–water partition coefficient (Wildman–Crippen LogP) is 5.28. The summed E-state index contributed by atoms with van der Waals surface area (Å²) < 4.78 is 5.43. The molecule has 30 heavy (non-hydrogen) atoms. The number of likely N-dealkylation sites (tertiary alicyclic amines) is 1. The Balaban J connectivity index is 1.47. The number of carbonyl (C=O) groups is 2. The van der Waals surface area contributed by atoms with Crippen LogP contribution in [-0.2, 0) is 20.7 Å².